The van der Waals surface area contributed by atoms with Gasteiger partial charge in [0, 0.05) is 17.5 Å². The molecule has 2 heteroatoms. The van der Waals surface area contributed by atoms with Gasteiger partial charge in [-0.15, -0.1) is 6.58 Å². The lowest BCUT2D eigenvalue weighted by atomic mass is 9.61. The first kappa shape index (κ1) is 17.3. The molecule has 0 bridgehead atoms. The van der Waals surface area contributed by atoms with Gasteiger partial charge in [0.2, 0.25) is 0 Å². The molecule has 25 heavy (non-hydrogen) atoms. The van der Waals surface area contributed by atoms with Gasteiger partial charge in [-0.25, -0.2) is 0 Å². The first-order chi connectivity index (χ1) is 12.1. The molecule has 1 aliphatic heterocycles. The number of aryl methyl sites for hydroxylation is 1. The molecular formula is C23H27NO. The van der Waals surface area contributed by atoms with Crippen LogP contribution in [0.1, 0.15) is 24.5 Å². The van der Waals surface area contributed by atoms with Crippen molar-refractivity contribution in [1.82, 2.24) is 4.90 Å². The Labute approximate surface area is 151 Å². The SMILES string of the molecule is C=CCN1C=CC=CC1C1(c2cc(C)ccc2O)C=CC=CC1CC. The number of benzene rings is 1. The van der Waals surface area contributed by atoms with Crippen molar-refractivity contribution in [2.24, 2.45) is 5.92 Å². The summed E-state index contributed by atoms with van der Waals surface area (Å²) in [5.74, 6) is 0.671. The van der Waals surface area contributed by atoms with Gasteiger partial charge in [0.25, 0.3) is 0 Å². The van der Waals surface area contributed by atoms with Crippen LogP contribution in [0.25, 0.3) is 0 Å². The fraction of sp³-hybridized carbons (Fsp3) is 0.304. The van der Waals surface area contributed by atoms with Crippen LogP contribution in [-0.4, -0.2) is 22.6 Å². The number of phenols is 1. The molecule has 0 spiro atoms. The molecule has 0 fully saturated rings. The van der Waals surface area contributed by atoms with Crippen LogP contribution in [0.5, 0.6) is 5.75 Å². The van der Waals surface area contributed by atoms with Gasteiger partial charge in [0.15, 0.2) is 0 Å². The van der Waals surface area contributed by atoms with E-state index in [0.29, 0.717) is 11.7 Å². The molecular weight excluding hydrogens is 306 g/mol. The van der Waals surface area contributed by atoms with Crippen LogP contribution in [0.4, 0.5) is 0 Å². The Hall–Kier alpha value is -2.48. The fourth-order valence-corrected chi connectivity index (χ4v) is 4.22. The molecule has 0 aromatic heterocycles. The van der Waals surface area contributed by atoms with Crippen LogP contribution in [0.2, 0.25) is 0 Å². The average Bonchev–Trinajstić information content (AvgIpc) is 2.64. The predicted octanol–water partition coefficient (Wildman–Crippen LogP) is 5.03. The molecule has 2 aliphatic rings. The third-order valence-electron chi connectivity index (χ3n) is 5.37. The summed E-state index contributed by atoms with van der Waals surface area (Å²) in [6.45, 7) is 8.99. The second-order valence-electron chi connectivity index (χ2n) is 6.87. The third-order valence-corrected chi connectivity index (χ3v) is 5.37. The largest absolute Gasteiger partial charge is 0.508 e. The number of phenolic OH excluding ortho intramolecular Hbond substituents is 1. The summed E-state index contributed by atoms with van der Waals surface area (Å²) in [4.78, 5) is 2.31. The molecule has 0 saturated carbocycles. The van der Waals surface area contributed by atoms with E-state index >= 15 is 0 Å². The van der Waals surface area contributed by atoms with Crippen molar-refractivity contribution in [2.75, 3.05) is 6.54 Å². The van der Waals surface area contributed by atoms with Crippen LogP contribution in [0, 0.1) is 12.8 Å². The minimum Gasteiger partial charge on any atom is -0.508 e. The summed E-state index contributed by atoms with van der Waals surface area (Å²) in [7, 11) is 0. The Morgan fingerprint density at radius 2 is 2.00 bits per heavy atom. The minimum absolute atomic E-state index is 0.120. The average molecular weight is 333 g/mol. The molecule has 3 unspecified atom stereocenters. The highest BCUT2D eigenvalue weighted by atomic mass is 16.3. The Morgan fingerprint density at radius 3 is 2.76 bits per heavy atom. The Balaban J connectivity index is 2.23. The first-order valence-electron chi connectivity index (χ1n) is 9.01. The van der Waals surface area contributed by atoms with Crippen molar-refractivity contribution < 1.29 is 5.11 Å². The Morgan fingerprint density at radius 1 is 1.20 bits per heavy atom. The maximum atomic E-state index is 10.8. The maximum Gasteiger partial charge on any atom is 0.119 e. The van der Waals surface area contributed by atoms with Crippen molar-refractivity contribution in [1.29, 1.82) is 0 Å². The molecule has 130 valence electrons. The van der Waals surface area contributed by atoms with Gasteiger partial charge in [-0.05, 0) is 37.6 Å². The summed E-state index contributed by atoms with van der Waals surface area (Å²) in [5, 5.41) is 10.8. The van der Waals surface area contributed by atoms with Crippen LogP contribution < -0.4 is 0 Å². The molecule has 0 saturated heterocycles. The van der Waals surface area contributed by atoms with Crippen molar-refractivity contribution in [3.8, 4) is 5.75 Å². The quantitative estimate of drug-likeness (QED) is 0.764. The van der Waals surface area contributed by atoms with E-state index in [4.69, 9.17) is 0 Å². The molecule has 1 heterocycles. The second-order valence-corrected chi connectivity index (χ2v) is 6.87. The smallest absolute Gasteiger partial charge is 0.119 e. The van der Waals surface area contributed by atoms with Gasteiger partial charge in [0.1, 0.15) is 5.75 Å². The van der Waals surface area contributed by atoms with Crippen LogP contribution in [0.15, 0.2) is 79.6 Å². The third kappa shape index (κ3) is 2.97. The highest BCUT2D eigenvalue weighted by molar-refractivity contribution is 5.50. The number of allylic oxidation sites excluding steroid dienone is 5. The number of rotatable bonds is 5. The summed E-state index contributed by atoms with van der Waals surface area (Å²) < 4.78 is 0. The second kappa shape index (κ2) is 7.18. The summed E-state index contributed by atoms with van der Waals surface area (Å²) in [5.41, 5.74) is 1.85. The minimum atomic E-state index is -0.316. The molecule has 1 aromatic rings. The lowest BCUT2D eigenvalue weighted by Gasteiger charge is -2.49. The fourth-order valence-electron chi connectivity index (χ4n) is 4.22. The van der Waals surface area contributed by atoms with Crippen LogP contribution >= 0.6 is 0 Å². The summed E-state index contributed by atoms with van der Waals surface area (Å²) in [6, 6.07) is 6.05. The predicted molar refractivity (Wildman–Crippen MR) is 106 cm³/mol. The lowest BCUT2D eigenvalue weighted by molar-refractivity contribution is 0.204. The summed E-state index contributed by atoms with van der Waals surface area (Å²) >= 11 is 0. The van der Waals surface area contributed by atoms with Crippen LogP contribution in [-0.2, 0) is 5.41 Å². The van der Waals surface area contributed by atoms with Crippen molar-refractivity contribution in [3.05, 3.63) is 90.7 Å². The normalized spacial score (nSPS) is 27.7. The monoisotopic (exact) mass is 333 g/mol. The molecule has 3 atom stereocenters. The molecule has 0 radical (unpaired) electrons. The zero-order chi connectivity index (χ0) is 17.9. The Kier molecular flexibility index (Phi) is 4.98. The van der Waals surface area contributed by atoms with E-state index in [9.17, 15) is 5.11 Å². The van der Waals surface area contributed by atoms with E-state index in [1.807, 2.05) is 18.2 Å². The van der Waals surface area contributed by atoms with Gasteiger partial charge in [0.05, 0.1) is 6.04 Å². The molecule has 0 amide bonds. The molecule has 1 N–H and O–H groups in total. The van der Waals surface area contributed by atoms with Gasteiger partial charge in [-0.1, -0.05) is 67.2 Å². The lowest BCUT2D eigenvalue weighted by Crippen LogP contribution is -2.52. The number of hydrogen-bond donors (Lipinski definition) is 1. The number of aromatic hydroxyl groups is 1. The highest BCUT2D eigenvalue weighted by Crippen LogP contribution is 2.48. The first-order valence-corrected chi connectivity index (χ1v) is 9.01. The maximum absolute atomic E-state index is 10.8. The zero-order valence-electron chi connectivity index (χ0n) is 15.1. The van der Waals surface area contributed by atoms with Crippen LogP contribution in [0.3, 0.4) is 0 Å². The van der Waals surface area contributed by atoms with Crippen molar-refractivity contribution in [3.63, 3.8) is 0 Å². The standard InChI is InChI=1S/C23H27NO/c1-4-15-24-16-9-7-11-22(24)23(14-8-6-10-19(23)5-2)20-17-18(3)12-13-21(20)25/h4,6-14,16-17,19,22,25H,1,5,15H2,2-3H3. The van der Waals surface area contributed by atoms with E-state index in [-0.39, 0.29) is 11.5 Å². The van der Waals surface area contributed by atoms with Gasteiger partial charge >= 0.3 is 0 Å². The van der Waals surface area contributed by atoms with E-state index in [1.165, 1.54) is 0 Å². The van der Waals surface area contributed by atoms with Gasteiger partial charge < -0.3 is 10.0 Å². The van der Waals surface area contributed by atoms with Crippen molar-refractivity contribution >= 4 is 0 Å². The van der Waals surface area contributed by atoms with Crippen molar-refractivity contribution in [2.45, 2.75) is 31.7 Å². The highest BCUT2D eigenvalue weighted by Gasteiger charge is 2.46. The van der Waals surface area contributed by atoms with E-state index in [0.717, 1.165) is 24.1 Å². The number of nitrogens with zero attached hydrogens (tertiary/aromatic N) is 1. The summed E-state index contributed by atoms with van der Waals surface area (Å²) in [6.07, 6.45) is 20.3. The molecule has 1 aliphatic carbocycles. The zero-order valence-corrected chi connectivity index (χ0v) is 15.1. The van der Waals surface area contributed by atoms with E-state index in [2.05, 4.69) is 80.1 Å². The van der Waals surface area contributed by atoms with E-state index < -0.39 is 0 Å². The van der Waals surface area contributed by atoms with E-state index in [1.54, 1.807) is 0 Å². The molecule has 3 rings (SSSR count). The topological polar surface area (TPSA) is 23.5 Å². The number of hydrogen-bond acceptors (Lipinski definition) is 2. The van der Waals surface area contributed by atoms with Gasteiger partial charge in [-0.2, -0.15) is 0 Å². The Bertz CT molecular complexity index is 755. The molecule has 1 aromatic carbocycles. The van der Waals surface area contributed by atoms with Gasteiger partial charge in [-0.3, -0.25) is 0 Å². The molecule has 2 nitrogen and oxygen atoms in total.